The number of hydrogen-bond acceptors (Lipinski definition) is 0. The molecule has 7 heteroatoms. The van der Waals surface area contributed by atoms with Gasteiger partial charge in [0.2, 0.25) is 0 Å². The van der Waals surface area contributed by atoms with Gasteiger partial charge in [0.05, 0.1) is 0 Å². The molecule has 0 unspecified atom stereocenters. The zero-order chi connectivity index (χ0) is 9.64. The van der Waals surface area contributed by atoms with Crippen LogP contribution >= 0.6 is 0 Å². The van der Waals surface area contributed by atoms with E-state index in [0.717, 1.165) is 52.5 Å². The molecule has 0 saturated carbocycles. The molecule has 0 atom stereocenters. The Bertz CT molecular complexity index is 261. The Labute approximate surface area is 101 Å². The Morgan fingerprint density at radius 2 is 1.08 bits per heavy atom. The van der Waals surface area contributed by atoms with Crippen molar-refractivity contribution < 1.29 is 9.15 Å². The third-order valence-electron chi connectivity index (χ3n) is 1.42. The molecule has 2 fully saturated rings. The third-order valence-corrected chi connectivity index (χ3v) is 84.2. The van der Waals surface area contributed by atoms with Gasteiger partial charge in [0.1, 0.15) is 0 Å². The Morgan fingerprint density at radius 3 is 1.31 bits per heavy atom. The SMILES string of the molecule is C[N+](C)=C1[Se][Se]2([Se]1)[Se]C(=[N+](C)C)[Se]2. The van der Waals surface area contributed by atoms with E-state index in [9.17, 15) is 0 Å². The predicted octanol–water partition coefficient (Wildman–Crippen LogP) is -2.48. The van der Waals surface area contributed by atoms with Crippen LogP contribution in [0.3, 0.4) is 0 Å². The monoisotopic (exact) mass is 512 g/mol. The molecule has 0 amide bonds. The van der Waals surface area contributed by atoms with E-state index < -0.39 is 5.54 Å². The van der Waals surface area contributed by atoms with E-state index in [0.29, 0.717) is 0 Å². The van der Waals surface area contributed by atoms with E-state index >= 15 is 0 Å². The quantitative estimate of drug-likeness (QED) is 0.254. The molecule has 74 valence electrons. The van der Waals surface area contributed by atoms with E-state index in [1.54, 1.807) is 0 Å². The Kier molecular flexibility index (Phi) is 3.58. The van der Waals surface area contributed by atoms with Crippen LogP contribution in [-0.4, -0.2) is 102 Å². The van der Waals surface area contributed by atoms with Crippen LogP contribution in [0, 0.1) is 0 Å². The zero-order valence-electron chi connectivity index (χ0n) is 7.94. The molecule has 0 aromatic carbocycles. The number of nitrogens with zero attached hydrogens (tertiary/aromatic N) is 2. The first-order valence-corrected chi connectivity index (χ1v) is 24.5. The van der Waals surface area contributed by atoms with Crippen molar-refractivity contribution in [3.63, 3.8) is 0 Å². The average Bonchev–Trinajstić information content (AvgIpc) is 1.78. The third kappa shape index (κ3) is 2.22. The summed E-state index contributed by atoms with van der Waals surface area (Å²) in [7, 11) is 8.94. The molecular formula is C6H12N2Se5+2. The minimum absolute atomic E-state index is 0.623. The van der Waals surface area contributed by atoms with Crippen LogP contribution in [0.25, 0.3) is 0 Å². The summed E-state index contributed by atoms with van der Waals surface area (Å²) < 4.78 is 8.54. The first-order valence-electron chi connectivity index (χ1n) is 3.72. The van der Waals surface area contributed by atoms with Crippen molar-refractivity contribution in [3.05, 3.63) is 0 Å². The molecule has 2 nitrogen and oxygen atoms in total. The number of rotatable bonds is 0. The second-order valence-electron chi connectivity index (χ2n) is 3.06. The minimum atomic E-state index is -0.623. The Hall–Kier alpha value is 1.94. The van der Waals surface area contributed by atoms with Crippen molar-refractivity contribution in [3.8, 4) is 0 Å². The van der Waals surface area contributed by atoms with Crippen molar-refractivity contribution in [2.45, 2.75) is 0 Å². The van der Waals surface area contributed by atoms with Gasteiger partial charge in [-0.3, -0.25) is 0 Å². The van der Waals surface area contributed by atoms with Gasteiger partial charge < -0.3 is 0 Å². The van der Waals surface area contributed by atoms with Gasteiger partial charge in [-0.15, -0.1) is 0 Å². The summed E-state index contributed by atoms with van der Waals surface area (Å²) in [6, 6.07) is 0. The van der Waals surface area contributed by atoms with Gasteiger partial charge in [0.15, 0.2) is 0 Å². The van der Waals surface area contributed by atoms with E-state index in [1.165, 1.54) is 0 Å². The molecule has 0 bridgehead atoms. The molecule has 2 saturated heterocycles. The van der Waals surface area contributed by atoms with Gasteiger partial charge in [-0.1, -0.05) is 0 Å². The van der Waals surface area contributed by atoms with E-state index in [2.05, 4.69) is 37.3 Å². The molecule has 0 aliphatic carbocycles. The fourth-order valence-electron chi connectivity index (χ4n) is 0.728. The van der Waals surface area contributed by atoms with Crippen molar-refractivity contribution in [1.29, 1.82) is 0 Å². The van der Waals surface area contributed by atoms with Crippen LogP contribution in [-0.2, 0) is 0 Å². The van der Waals surface area contributed by atoms with E-state index in [1.807, 2.05) is 7.02 Å². The molecule has 2 heterocycles. The molecule has 13 heavy (non-hydrogen) atoms. The Balaban J connectivity index is 1.97. The molecule has 0 aromatic rings. The molecule has 0 radical (unpaired) electrons. The fourth-order valence-corrected chi connectivity index (χ4v) is 134. The topological polar surface area (TPSA) is 6.02 Å². The van der Waals surface area contributed by atoms with Gasteiger partial charge in [0.25, 0.3) is 0 Å². The van der Waals surface area contributed by atoms with Crippen LogP contribution in [0.4, 0.5) is 0 Å². The second-order valence-corrected chi connectivity index (χ2v) is 74.5. The van der Waals surface area contributed by atoms with Gasteiger partial charge in [-0.25, -0.2) is 0 Å². The van der Waals surface area contributed by atoms with Crippen molar-refractivity contribution >= 4 is 65.1 Å². The summed E-state index contributed by atoms with van der Waals surface area (Å²) in [6.07, 6.45) is 0. The predicted molar refractivity (Wildman–Crippen MR) is 63.0 cm³/mol. The van der Waals surface area contributed by atoms with Crippen molar-refractivity contribution in [2.24, 2.45) is 0 Å². The Morgan fingerprint density at radius 1 is 0.769 bits per heavy atom. The van der Waals surface area contributed by atoms with E-state index in [4.69, 9.17) is 0 Å². The van der Waals surface area contributed by atoms with Crippen LogP contribution in [0.15, 0.2) is 0 Å². The van der Waals surface area contributed by atoms with Gasteiger partial charge >= 0.3 is 102 Å². The summed E-state index contributed by atoms with van der Waals surface area (Å²) >= 11 is 4.11. The van der Waals surface area contributed by atoms with Crippen LogP contribution in [0.2, 0.25) is 0 Å². The molecular weight excluding hydrogens is 495 g/mol. The molecule has 2 aliphatic rings. The summed E-state index contributed by atoms with van der Waals surface area (Å²) in [5, 5.41) is 0. The standard InChI is InChI=1S/C6H12N2Se5/c1-7(2)5-9-13(10-5)11-6(12-13)8(3)4/h1-4H3/q+2. The summed E-state index contributed by atoms with van der Waals surface area (Å²) in [5.41, 5.74) is -0.623. The van der Waals surface area contributed by atoms with Crippen LogP contribution in [0.1, 0.15) is 0 Å². The summed E-state index contributed by atoms with van der Waals surface area (Å²) in [4.78, 5) is 0. The van der Waals surface area contributed by atoms with Gasteiger partial charge in [0, 0.05) is 0 Å². The summed E-state index contributed by atoms with van der Waals surface area (Å²) in [6.45, 7) is 0. The van der Waals surface area contributed by atoms with Gasteiger partial charge in [-0.2, -0.15) is 0 Å². The van der Waals surface area contributed by atoms with Crippen LogP contribution < -0.4 is 0 Å². The maximum absolute atomic E-state index is 2.41. The average molecular weight is 507 g/mol. The molecule has 0 N–H and O–H groups in total. The fraction of sp³-hybridized carbons (Fsp3) is 0.667. The van der Waals surface area contributed by atoms with Crippen molar-refractivity contribution in [1.82, 2.24) is 0 Å². The normalized spacial score (nSPS) is 36.3. The molecule has 1 spiro atoms. The first kappa shape index (κ1) is 11.4. The second kappa shape index (κ2) is 4.07. The molecule has 0 aromatic heterocycles. The molecule has 2 rings (SSSR count). The maximum atomic E-state index is 2.41. The van der Waals surface area contributed by atoms with E-state index in [-0.39, 0.29) is 0 Å². The van der Waals surface area contributed by atoms with Crippen LogP contribution in [0.5, 0.6) is 0 Å². The van der Waals surface area contributed by atoms with Gasteiger partial charge in [-0.05, 0) is 0 Å². The number of hydrogen-bond donors (Lipinski definition) is 0. The molecule has 2 aliphatic heterocycles. The summed E-state index contributed by atoms with van der Waals surface area (Å²) in [5.74, 6) is 0. The van der Waals surface area contributed by atoms with Crippen molar-refractivity contribution in [2.75, 3.05) is 28.2 Å². The first-order chi connectivity index (χ1) is 6.02. The zero-order valence-corrected chi connectivity index (χ0v) is 16.5.